The highest BCUT2D eigenvalue weighted by Gasteiger charge is 2.42. The van der Waals surface area contributed by atoms with Gasteiger partial charge in [0.25, 0.3) is 0 Å². The quantitative estimate of drug-likeness (QED) is 0.757. The minimum absolute atomic E-state index is 0.253. The molecule has 2 rings (SSSR count). The lowest BCUT2D eigenvalue weighted by atomic mass is 9.80. The van der Waals surface area contributed by atoms with Gasteiger partial charge in [0.05, 0.1) is 12.2 Å². The minimum Gasteiger partial charge on any atom is -0.481 e. The van der Waals surface area contributed by atoms with Crippen LogP contribution in [0.3, 0.4) is 0 Å². The van der Waals surface area contributed by atoms with Gasteiger partial charge in [-0.1, -0.05) is 20.8 Å². The van der Waals surface area contributed by atoms with Crippen LogP contribution in [0.5, 0.6) is 0 Å². The van der Waals surface area contributed by atoms with Crippen molar-refractivity contribution in [2.75, 3.05) is 6.54 Å². The Bertz CT molecular complexity index is 374. The summed E-state index contributed by atoms with van der Waals surface area (Å²) in [4.78, 5) is 23.3. The van der Waals surface area contributed by atoms with Crippen molar-refractivity contribution in [1.82, 2.24) is 5.32 Å². The normalized spacial score (nSPS) is 31.2. The summed E-state index contributed by atoms with van der Waals surface area (Å²) in [5.41, 5.74) is -0.582. The first-order chi connectivity index (χ1) is 8.79. The SMILES string of the molecule is CC(C)(C)C(C(=O)O)C(=O)NCC1CC2CCC1O2. The van der Waals surface area contributed by atoms with Gasteiger partial charge in [-0.05, 0) is 24.7 Å². The summed E-state index contributed by atoms with van der Waals surface area (Å²) < 4.78 is 5.72. The predicted octanol–water partition coefficient (Wildman–Crippen LogP) is 1.42. The summed E-state index contributed by atoms with van der Waals surface area (Å²) in [6, 6.07) is 0. The van der Waals surface area contributed by atoms with Gasteiger partial charge >= 0.3 is 5.97 Å². The molecule has 19 heavy (non-hydrogen) atoms. The number of carbonyl (C=O) groups is 2. The number of hydrogen-bond donors (Lipinski definition) is 2. The number of aliphatic carboxylic acids is 1. The van der Waals surface area contributed by atoms with Crippen LogP contribution in [0.4, 0.5) is 0 Å². The van der Waals surface area contributed by atoms with Crippen molar-refractivity contribution in [2.45, 2.75) is 52.2 Å². The van der Waals surface area contributed by atoms with Crippen LogP contribution in [-0.2, 0) is 14.3 Å². The van der Waals surface area contributed by atoms with E-state index in [1.807, 2.05) is 0 Å². The molecule has 0 saturated carbocycles. The van der Waals surface area contributed by atoms with Crippen LogP contribution in [0.25, 0.3) is 0 Å². The van der Waals surface area contributed by atoms with E-state index in [2.05, 4.69) is 5.32 Å². The molecular formula is C14H23NO4. The third kappa shape index (κ3) is 3.08. The second-order valence-corrected chi connectivity index (χ2v) is 6.75. The Balaban J connectivity index is 1.88. The van der Waals surface area contributed by atoms with Crippen LogP contribution in [0.15, 0.2) is 0 Å². The molecule has 1 amide bonds. The molecule has 2 saturated heterocycles. The zero-order valence-electron chi connectivity index (χ0n) is 11.8. The molecule has 5 nitrogen and oxygen atoms in total. The lowest BCUT2D eigenvalue weighted by Crippen LogP contribution is -2.45. The van der Waals surface area contributed by atoms with Crippen molar-refractivity contribution in [2.24, 2.45) is 17.3 Å². The topological polar surface area (TPSA) is 75.6 Å². The Morgan fingerprint density at radius 2 is 2.05 bits per heavy atom. The van der Waals surface area contributed by atoms with Crippen molar-refractivity contribution in [3.8, 4) is 0 Å². The smallest absolute Gasteiger partial charge is 0.316 e. The number of amides is 1. The summed E-state index contributed by atoms with van der Waals surface area (Å²) >= 11 is 0. The fraction of sp³-hybridized carbons (Fsp3) is 0.857. The molecule has 0 aromatic carbocycles. The molecule has 0 aromatic heterocycles. The fourth-order valence-electron chi connectivity index (χ4n) is 3.17. The second kappa shape index (κ2) is 5.12. The Morgan fingerprint density at radius 3 is 2.47 bits per heavy atom. The van der Waals surface area contributed by atoms with E-state index >= 15 is 0 Å². The molecule has 4 unspecified atom stereocenters. The first-order valence-corrected chi connectivity index (χ1v) is 6.95. The van der Waals surface area contributed by atoms with Crippen LogP contribution < -0.4 is 5.32 Å². The fourth-order valence-corrected chi connectivity index (χ4v) is 3.17. The number of hydrogen-bond acceptors (Lipinski definition) is 3. The highest BCUT2D eigenvalue weighted by Crippen LogP contribution is 2.38. The van der Waals surface area contributed by atoms with Crippen LogP contribution in [0.2, 0.25) is 0 Å². The molecule has 2 aliphatic heterocycles. The van der Waals surface area contributed by atoms with Crippen LogP contribution in [0.1, 0.15) is 40.0 Å². The van der Waals surface area contributed by atoms with E-state index in [-0.39, 0.29) is 12.0 Å². The lowest BCUT2D eigenvalue weighted by Gasteiger charge is -2.27. The van der Waals surface area contributed by atoms with Gasteiger partial charge in [-0.15, -0.1) is 0 Å². The average Bonchev–Trinajstić information content (AvgIpc) is 2.85. The minimum atomic E-state index is -1.06. The van der Waals surface area contributed by atoms with Crippen molar-refractivity contribution in [3.63, 3.8) is 0 Å². The summed E-state index contributed by atoms with van der Waals surface area (Å²) in [7, 11) is 0. The zero-order chi connectivity index (χ0) is 14.2. The van der Waals surface area contributed by atoms with E-state index in [1.54, 1.807) is 20.8 Å². The number of nitrogens with one attached hydrogen (secondary N) is 1. The monoisotopic (exact) mass is 269 g/mol. The van der Waals surface area contributed by atoms with Gasteiger partial charge in [0, 0.05) is 12.5 Å². The van der Waals surface area contributed by atoms with Crippen LogP contribution >= 0.6 is 0 Å². The highest BCUT2D eigenvalue weighted by atomic mass is 16.5. The molecule has 2 aliphatic rings. The third-order valence-corrected chi connectivity index (χ3v) is 4.15. The van der Waals surface area contributed by atoms with E-state index in [1.165, 1.54) is 0 Å². The molecule has 2 heterocycles. The van der Waals surface area contributed by atoms with E-state index in [0.29, 0.717) is 18.6 Å². The van der Waals surface area contributed by atoms with Gasteiger partial charge in [-0.3, -0.25) is 9.59 Å². The first-order valence-electron chi connectivity index (χ1n) is 6.95. The number of carbonyl (C=O) groups excluding carboxylic acids is 1. The van der Waals surface area contributed by atoms with Crippen molar-refractivity contribution in [3.05, 3.63) is 0 Å². The van der Waals surface area contributed by atoms with Crippen LogP contribution in [0, 0.1) is 17.3 Å². The maximum atomic E-state index is 12.1. The molecular weight excluding hydrogens is 246 g/mol. The zero-order valence-corrected chi connectivity index (χ0v) is 11.8. The number of rotatable bonds is 4. The third-order valence-electron chi connectivity index (χ3n) is 4.15. The molecule has 2 N–H and O–H groups in total. The number of ether oxygens (including phenoxy) is 1. The van der Waals surface area contributed by atoms with Gasteiger partial charge in [0.1, 0.15) is 5.92 Å². The molecule has 0 radical (unpaired) electrons. The molecule has 0 aliphatic carbocycles. The van der Waals surface area contributed by atoms with Gasteiger partial charge < -0.3 is 15.2 Å². The van der Waals surface area contributed by atoms with Crippen molar-refractivity contribution in [1.29, 1.82) is 0 Å². The van der Waals surface area contributed by atoms with E-state index in [4.69, 9.17) is 4.74 Å². The highest BCUT2D eigenvalue weighted by molar-refractivity contribution is 5.97. The van der Waals surface area contributed by atoms with Crippen molar-refractivity contribution >= 4 is 11.9 Å². The number of fused-ring (bicyclic) bond motifs is 2. The Labute approximate surface area is 113 Å². The van der Waals surface area contributed by atoms with Crippen molar-refractivity contribution < 1.29 is 19.4 Å². The van der Waals surface area contributed by atoms with Gasteiger partial charge in [0.15, 0.2) is 0 Å². The Morgan fingerprint density at radius 1 is 1.37 bits per heavy atom. The maximum Gasteiger partial charge on any atom is 0.316 e. The Kier molecular flexibility index (Phi) is 3.85. The summed E-state index contributed by atoms with van der Waals surface area (Å²) in [5.74, 6) is -2.11. The maximum absolute atomic E-state index is 12.1. The number of carboxylic acids is 1. The van der Waals surface area contributed by atoms with E-state index in [9.17, 15) is 14.7 Å². The molecule has 2 bridgehead atoms. The van der Waals surface area contributed by atoms with E-state index in [0.717, 1.165) is 19.3 Å². The standard InChI is InChI=1S/C14H23NO4/c1-14(2,3)11(13(17)18)12(16)15-7-8-6-9-4-5-10(8)19-9/h8-11H,4-7H2,1-3H3,(H,15,16)(H,17,18). The van der Waals surface area contributed by atoms with Gasteiger partial charge in [-0.25, -0.2) is 0 Å². The molecule has 108 valence electrons. The first kappa shape index (κ1) is 14.3. The van der Waals surface area contributed by atoms with Gasteiger partial charge in [-0.2, -0.15) is 0 Å². The number of carboxylic acid groups (broad SMARTS) is 1. The average molecular weight is 269 g/mol. The molecule has 5 heteroatoms. The predicted molar refractivity (Wildman–Crippen MR) is 69.6 cm³/mol. The largest absolute Gasteiger partial charge is 0.481 e. The molecule has 0 aromatic rings. The summed E-state index contributed by atoms with van der Waals surface area (Å²) in [6.45, 7) is 5.84. The molecule has 0 spiro atoms. The Hall–Kier alpha value is -1.10. The molecule has 4 atom stereocenters. The lowest BCUT2D eigenvalue weighted by molar-refractivity contribution is -0.151. The second-order valence-electron chi connectivity index (χ2n) is 6.75. The molecule has 2 fully saturated rings. The van der Waals surface area contributed by atoms with Crippen LogP contribution in [-0.4, -0.2) is 35.7 Å². The summed E-state index contributed by atoms with van der Waals surface area (Å²) in [6.07, 6.45) is 3.77. The van der Waals surface area contributed by atoms with Gasteiger partial charge in [0.2, 0.25) is 5.91 Å². The summed E-state index contributed by atoms with van der Waals surface area (Å²) in [5, 5.41) is 12.0. The van der Waals surface area contributed by atoms with E-state index < -0.39 is 17.3 Å².